The fourth-order valence-electron chi connectivity index (χ4n) is 2.96. The Morgan fingerprint density at radius 1 is 1.29 bits per heavy atom. The number of nitrogens with one attached hydrogen (secondary N) is 1. The number of halogens is 1. The maximum Gasteiger partial charge on any atom is 0.0488 e. The topological polar surface area (TPSA) is 38.0 Å². The largest absolute Gasteiger partial charge is 0.271 e. The van der Waals surface area contributed by atoms with Gasteiger partial charge in [0.2, 0.25) is 0 Å². The van der Waals surface area contributed by atoms with Gasteiger partial charge in [0.25, 0.3) is 0 Å². The predicted molar refractivity (Wildman–Crippen MR) is 72.6 cm³/mol. The molecule has 0 heterocycles. The van der Waals surface area contributed by atoms with Gasteiger partial charge in [0.1, 0.15) is 0 Å². The molecule has 0 bridgehead atoms. The Hall–Kier alpha value is -0.570. The van der Waals surface area contributed by atoms with E-state index in [1.807, 2.05) is 12.1 Å². The van der Waals surface area contributed by atoms with Gasteiger partial charge >= 0.3 is 0 Å². The average Bonchev–Trinajstić information content (AvgIpc) is 2.33. The molecule has 2 rings (SSSR count). The third-order valence-corrected chi connectivity index (χ3v) is 4.11. The first-order valence-electron chi connectivity index (χ1n) is 6.42. The normalized spacial score (nSPS) is 26.8. The number of rotatable bonds is 3. The maximum absolute atomic E-state index is 5.92. The van der Waals surface area contributed by atoms with Crippen molar-refractivity contribution in [3.63, 3.8) is 0 Å². The summed E-state index contributed by atoms with van der Waals surface area (Å²) in [5.41, 5.74) is 4.23. The molecular formula is C14H21ClN2. The molecule has 0 spiro atoms. The first-order chi connectivity index (χ1) is 8.20. The Bertz CT molecular complexity index is 350. The van der Waals surface area contributed by atoms with Crippen LogP contribution in [0.15, 0.2) is 24.3 Å². The molecule has 0 saturated heterocycles. The zero-order chi connectivity index (χ0) is 12.3. The van der Waals surface area contributed by atoms with Crippen LogP contribution >= 0.6 is 11.6 Å². The monoisotopic (exact) mass is 252 g/mol. The molecule has 0 amide bonds. The van der Waals surface area contributed by atoms with Gasteiger partial charge in [-0.3, -0.25) is 11.3 Å². The van der Waals surface area contributed by atoms with Gasteiger partial charge in [0, 0.05) is 11.1 Å². The molecule has 1 saturated carbocycles. The summed E-state index contributed by atoms with van der Waals surface area (Å²) in [7, 11) is 0. The van der Waals surface area contributed by atoms with Crippen LogP contribution in [0.3, 0.4) is 0 Å². The molecule has 1 aromatic rings. The van der Waals surface area contributed by atoms with Crippen LogP contribution < -0.4 is 11.3 Å². The van der Waals surface area contributed by atoms with Gasteiger partial charge in [-0.15, -0.1) is 0 Å². The summed E-state index contributed by atoms with van der Waals surface area (Å²) in [6.45, 7) is 2.33. The Morgan fingerprint density at radius 3 is 2.59 bits per heavy atom. The number of nitrogens with two attached hydrogens (primary N) is 1. The lowest BCUT2D eigenvalue weighted by atomic mass is 9.77. The maximum atomic E-state index is 5.92. The van der Waals surface area contributed by atoms with Crippen LogP contribution in [-0.2, 0) is 0 Å². The highest BCUT2D eigenvalue weighted by molar-refractivity contribution is 6.30. The van der Waals surface area contributed by atoms with Crippen LogP contribution in [0.1, 0.15) is 44.2 Å². The van der Waals surface area contributed by atoms with E-state index in [0.717, 1.165) is 10.9 Å². The van der Waals surface area contributed by atoms with Crippen molar-refractivity contribution in [3.8, 4) is 0 Å². The van der Waals surface area contributed by atoms with Gasteiger partial charge in [-0.25, -0.2) is 0 Å². The van der Waals surface area contributed by atoms with Crippen molar-refractivity contribution in [1.82, 2.24) is 5.43 Å². The number of benzene rings is 1. The summed E-state index contributed by atoms with van der Waals surface area (Å²) in [4.78, 5) is 0. The van der Waals surface area contributed by atoms with Crippen LogP contribution in [0.2, 0.25) is 5.02 Å². The lowest BCUT2D eigenvalue weighted by Crippen LogP contribution is -2.35. The number of hydrogen-bond acceptors (Lipinski definition) is 2. The van der Waals surface area contributed by atoms with Gasteiger partial charge in [0.05, 0.1) is 0 Å². The Kier molecular flexibility index (Phi) is 4.43. The minimum absolute atomic E-state index is 0.259. The van der Waals surface area contributed by atoms with E-state index >= 15 is 0 Å². The summed E-state index contributed by atoms with van der Waals surface area (Å²) < 4.78 is 0. The molecule has 1 fully saturated rings. The second-order valence-electron chi connectivity index (χ2n) is 5.23. The minimum atomic E-state index is 0.259. The second-order valence-corrected chi connectivity index (χ2v) is 5.66. The fraction of sp³-hybridized carbons (Fsp3) is 0.571. The van der Waals surface area contributed by atoms with Crippen molar-refractivity contribution in [3.05, 3.63) is 34.9 Å². The van der Waals surface area contributed by atoms with E-state index in [9.17, 15) is 0 Å². The van der Waals surface area contributed by atoms with Crippen LogP contribution in [0.5, 0.6) is 0 Å². The van der Waals surface area contributed by atoms with Gasteiger partial charge < -0.3 is 0 Å². The Balaban J connectivity index is 2.12. The summed E-state index contributed by atoms with van der Waals surface area (Å²) in [6.07, 6.45) is 5.20. The highest BCUT2D eigenvalue weighted by Crippen LogP contribution is 2.36. The van der Waals surface area contributed by atoms with E-state index in [0.29, 0.717) is 5.92 Å². The molecule has 1 aliphatic carbocycles. The van der Waals surface area contributed by atoms with Crippen molar-refractivity contribution in [2.24, 2.45) is 17.7 Å². The highest BCUT2D eigenvalue weighted by atomic mass is 35.5. The van der Waals surface area contributed by atoms with E-state index in [1.165, 1.54) is 31.2 Å². The van der Waals surface area contributed by atoms with E-state index in [-0.39, 0.29) is 6.04 Å². The molecular weight excluding hydrogens is 232 g/mol. The molecule has 3 heteroatoms. The Morgan fingerprint density at radius 2 is 2.00 bits per heavy atom. The second kappa shape index (κ2) is 5.85. The fourth-order valence-corrected chi connectivity index (χ4v) is 3.08. The minimum Gasteiger partial charge on any atom is -0.271 e. The molecule has 17 heavy (non-hydrogen) atoms. The third kappa shape index (κ3) is 3.21. The summed E-state index contributed by atoms with van der Waals surface area (Å²) in [5, 5.41) is 0.779. The molecule has 1 aliphatic rings. The molecule has 1 aromatic carbocycles. The zero-order valence-electron chi connectivity index (χ0n) is 10.3. The molecule has 0 aliphatic heterocycles. The average molecular weight is 253 g/mol. The SMILES string of the molecule is CC1CCCC(C(NN)c2ccc(Cl)cc2)C1. The summed E-state index contributed by atoms with van der Waals surface area (Å²) in [6, 6.07) is 8.29. The van der Waals surface area contributed by atoms with E-state index in [2.05, 4.69) is 24.5 Å². The molecule has 94 valence electrons. The third-order valence-electron chi connectivity index (χ3n) is 3.86. The van der Waals surface area contributed by atoms with Gasteiger partial charge in [-0.2, -0.15) is 0 Å². The lowest BCUT2D eigenvalue weighted by molar-refractivity contribution is 0.224. The quantitative estimate of drug-likeness (QED) is 0.636. The van der Waals surface area contributed by atoms with Gasteiger partial charge in [0.15, 0.2) is 0 Å². The molecule has 3 atom stereocenters. The van der Waals surface area contributed by atoms with Crippen molar-refractivity contribution < 1.29 is 0 Å². The van der Waals surface area contributed by atoms with Crippen molar-refractivity contribution in [2.75, 3.05) is 0 Å². The first kappa shape index (κ1) is 12.9. The number of hydrazine groups is 1. The van der Waals surface area contributed by atoms with Gasteiger partial charge in [-0.05, 0) is 42.4 Å². The van der Waals surface area contributed by atoms with E-state index in [1.54, 1.807) is 0 Å². The van der Waals surface area contributed by atoms with Crippen LogP contribution in [0.25, 0.3) is 0 Å². The van der Waals surface area contributed by atoms with E-state index in [4.69, 9.17) is 17.4 Å². The van der Waals surface area contributed by atoms with Crippen molar-refractivity contribution in [2.45, 2.75) is 38.6 Å². The summed E-state index contributed by atoms with van der Waals surface area (Å²) >= 11 is 5.92. The molecule has 0 radical (unpaired) electrons. The van der Waals surface area contributed by atoms with E-state index < -0.39 is 0 Å². The molecule has 3 unspecified atom stereocenters. The zero-order valence-corrected chi connectivity index (χ0v) is 11.1. The predicted octanol–water partition coefficient (Wildman–Crippen LogP) is 3.67. The summed E-state index contributed by atoms with van der Waals surface area (Å²) in [5.74, 6) is 7.20. The van der Waals surface area contributed by atoms with Gasteiger partial charge in [-0.1, -0.05) is 43.5 Å². The van der Waals surface area contributed by atoms with Crippen molar-refractivity contribution in [1.29, 1.82) is 0 Å². The Labute approximate surface area is 109 Å². The molecule has 2 nitrogen and oxygen atoms in total. The van der Waals surface area contributed by atoms with Crippen LogP contribution in [0.4, 0.5) is 0 Å². The van der Waals surface area contributed by atoms with Crippen LogP contribution in [-0.4, -0.2) is 0 Å². The molecule has 3 N–H and O–H groups in total. The number of hydrogen-bond donors (Lipinski definition) is 2. The lowest BCUT2D eigenvalue weighted by Gasteiger charge is -2.33. The van der Waals surface area contributed by atoms with Crippen LogP contribution in [0, 0.1) is 11.8 Å². The van der Waals surface area contributed by atoms with Crippen molar-refractivity contribution >= 4 is 11.6 Å². The standard InChI is InChI=1S/C14H21ClN2/c1-10-3-2-4-12(9-10)14(17-16)11-5-7-13(15)8-6-11/h5-8,10,12,14,17H,2-4,9,16H2,1H3. The molecule has 0 aromatic heterocycles. The highest BCUT2D eigenvalue weighted by Gasteiger charge is 2.26. The smallest absolute Gasteiger partial charge is 0.0488 e. The first-order valence-corrected chi connectivity index (χ1v) is 6.80.